The van der Waals surface area contributed by atoms with Gasteiger partial charge in [0, 0.05) is 6.07 Å². The molecule has 126 valence electrons. The van der Waals surface area contributed by atoms with Gasteiger partial charge in [0.1, 0.15) is 17.2 Å². The second kappa shape index (κ2) is 8.57. The van der Waals surface area contributed by atoms with Gasteiger partial charge < -0.3 is 18.9 Å². The highest BCUT2D eigenvalue weighted by Gasteiger charge is 2.15. The quantitative estimate of drug-likeness (QED) is 0.547. The van der Waals surface area contributed by atoms with Crippen molar-refractivity contribution in [3.05, 3.63) is 54.1 Å². The largest absolute Gasteiger partial charge is 0.497 e. The van der Waals surface area contributed by atoms with Crippen LogP contribution in [-0.2, 0) is 9.53 Å². The number of Topliss-reactive ketones (excluding diaryl/α,β-unsaturated/α-hetero) is 1. The van der Waals surface area contributed by atoms with Crippen molar-refractivity contribution in [2.75, 3.05) is 27.4 Å². The molecule has 2 aromatic rings. The topological polar surface area (TPSA) is 71.1 Å². The Balaban J connectivity index is 1.87. The van der Waals surface area contributed by atoms with Crippen LogP contribution in [0.25, 0.3) is 0 Å². The summed E-state index contributed by atoms with van der Waals surface area (Å²) in [4.78, 5) is 23.8. The lowest BCUT2D eigenvalue weighted by molar-refractivity contribution is -0.144. The Hall–Kier alpha value is -3.02. The van der Waals surface area contributed by atoms with Gasteiger partial charge in [0.05, 0.1) is 19.8 Å². The molecule has 0 atom stereocenters. The van der Waals surface area contributed by atoms with Crippen LogP contribution in [0.15, 0.2) is 48.5 Å². The first kappa shape index (κ1) is 17.3. The third kappa shape index (κ3) is 4.74. The smallest absolute Gasteiger partial charge is 0.344 e. The molecule has 0 saturated heterocycles. The van der Waals surface area contributed by atoms with E-state index in [9.17, 15) is 9.59 Å². The van der Waals surface area contributed by atoms with E-state index in [0.29, 0.717) is 22.8 Å². The summed E-state index contributed by atoms with van der Waals surface area (Å²) in [6.07, 6.45) is 0. The third-order valence-electron chi connectivity index (χ3n) is 3.17. The predicted octanol–water partition coefficient (Wildman–Crippen LogP) is 2.51. The summed E-state index contributed by atoms with van der Waals surface area (Å²) < 4.78 is 20.4. The molecule has 0 bridgehead atoms. The minimum Gasteiger partial charge on any atom is -0.497 e. The fourth-order valence-corrected chi connectivity index (χ4v) is 1.95. The van der Waals surface area contributed by atoms with Gasteiger partial charge in [-0.05, 0) is 24.3 Å². The van der Waals surface area contributed by atoms with Crippen LogP contribution in [0.3, 0.4) is 0 Å². The molecule has 0 radical (unpaired) electrons. The number of hydrogen-bond donors (Lipinski definition) is 0. The molecule has 6 heteroatoms. The molecule has 0 saturated carbocycles. The summed E-state index contributed by atoms with van der Waals surface area (Å²) in [5.41, 5.74) is 0.315. The zero-order valence-electron chi connectivity index (χ0n) is 13.5. The lowest BCUT2D eigenvalue weighted by Gasteiger charge is -2.10. The number of hydrogen-bond acceptors (Lipinski definition) is 6. The molecule has 6 nitrogen and oxygen atoms in total. The Bertz CT molecular complexity index is 696. The molecule has 0 fully saturated rings. The number of ketones is 1. The van der Waals surface area contributed by atoms with Gasteiger partial charge in [0.25, 0.3) is 0 Å². The van der Waals surface area contributed by atoms with Gasteiger partial charge in [-0.1, -0.05) is 18.2 Å². The number of carbonyl (C=O) groups excluding carboxylic acids is 2. The van der Waals surface area contributed by atoms with E-state index in [0.717, 1.165) is 0 Å². The van der Waals surface area contributed by atoms with Crippen molar-refractivity contribution in [1.29, 1.82) is 0 Å². The van der Waals surface area contributed by atoms with E-state index in [-0.39, 0.29) is 19.0 Å². The van der Waals surface area contributed by atoms with Gasteiger partial charge in [0.2, 0.25) is 5.78 Å². The van der Waals surface area contributed by atoms with E-state index in [1.165, 1.54) is 14.2 Å². The van der Waals surface area contributed by atoms with Crippen molar-refractivity contribution < 1.29 is 28.5 Å². The number of rotatable bonds is 8. The lowest BCUT2D eigenvalue weighted by Crippen LogP contribution is -2.19. The predicted molar refractivity (Wildman–Crippen MR) is 86.8 cm³/mol. The number of para-hydroxylation sites is 1. The fourth-order valence-electron chi connectivity index (χ4n) is 1.95. The van der Waals surface area contributed by atoms with Crippen LogP contribution in [0.2, 0.25) is 0 Å². The van der Waals surface area contributed by atoms with Crippen LogP contribution in [0, 0.1) is 0 Å². The van der Waals surface area contributed by atoms with Crippen molar-refractivity contribution in [2.24, 2.45) is 0 Å². The number of ether oxygens (including phenoxy) is 4. The molecule has 2 rings (SSSR count). The van der Waals surface area contributed by atoms with E-state index < -0.39 is 5.97 Å². The second-order valence-electron chi connectivity index (χ2n) is 4.75. The van der Waals surface area contributed by atoms with E-state index in [4.69, 9.17) is 18.9 Å². The Morgan fingerprint density at radius 3 is 2.29 bits per heavy atom. The lowest BCUT2D eigenvalue weighted by atomic mass is 10.1. The van der Waals surface area contributed by atoms with Crippen molar-refractivity contribution in [3.63, 3.8) is 0 Å². The summed E-state index contributed by atoms with van der Waals surface area (Å²) >= 11 is 0. The highest BCUT2D eigenvalue weighted by molar-refractivity contribution is 6.00. The molecular formula is C18H18O6. The van der Waals surface area contributed by atoms with Crippen LogP contribution < -0.4 is 14.2 Å². The molecular weight excluding hydrogens is 312 g/mol. The minimum absolute atomic E-state index is 0.267. The number of benzene rings is 2. The first-order chi connectivity index (χ1) is 11.6. The number of carbonyl (C=O) groups is 2. The van der Waals surface area contributed by atoms with E-state index in [1.807, 2.05) is 6.07 Å². The molecule has 2 aromatic carbocycles. The average Bonchev–Trinajstić information content (AvgIpc) is 2.64. The maximum atomic E-state index is 12.2. The van der Waals surface area contributed by atoms with Gasteiger partial charge in [-0.3, -0.25) is 4.79 Å². The summed E-state index contributed by atoms with van der Waals surface area (Å²) in [6.45, 7) is -0.656. The number of methoxy groups -OCH3 is 2. The standard InChI is InChI=1S/C18H18O6/c1-21-14-8-9-15(17(10-14)22-2)16(19)11-24-18(20)12-23-13-6-4-3-5-7-13/h3-10H,11-12H2,1-2H3. The van der Waals surface area contributed by atoms with Crippen molar-refractivity contribution >= 4 is 11.8 Å². The molecule has 0 aliphatic rings. The van der Waals surface area contributed by atoms with E-state index in [2.05, 4.69) is 0 Å². The van der Waals surface area contributed by atoms with Crippen molar-refractivity contribution in [1.82, 2.24) is 0 Å². The summed E-state index contributed by atoms with van der Waals surface area (Å²) in [7, 11) is 2.97. The molecule has 0 N–H and O–H groups in total. The van der Waals surface area contributed by atoms with Gasteiger partial charge in [-0.15, -0.1) is 0 Å². The molecule has 24 heavy (non-hydrogen) atoms. The SMILES string of the molecule is COc1ccc(C(=O)COC(=O)COc2ccccc2)c(OC)c1. The van der Waals surface area contributed by atoms with E-state index >= 15 is 0 Å². The fraction of sp³-hybridized carbons (Fsp3) is 0.222. The molecule has 0 aliphatic heterocycles. The van der Waals surface area contributed by atoms with Crippen LogP contribution in [0.5, 0.6) is 17.2 Å². The minimum atomic E-state index is -0.625. The van der Waals surface area contributed by atoms with Gasteiger partial charge in [-0.2, -0.15) is 0 Å². The molecule has 0 spiro atoms. The first-order valence-electron chi connectivity index (χ1n) is 7.22. The maximum Gasteiger partial charge on any atom is 0.344 e. The summed E-state index contributed by atoms with van der Waals surface area (Å²) in [6, 6.07) is 13.7. The Morgan fingerprint density at radius 1 is 0.875 bits per heavy atom. The van der Waals surface area contributed by atoms with Crippen LogP contribution >= 0.6 is 0 Å². The van der Waals surface area contributed by atoms with Crippen LogP contribution in [0.4, 0.5) is 0 Å². The molecule has 0 unspecified atom stereocenters. The third-order valence-corrected chi connectivity index (χ3v) is 3.17. The average molecular weight is 330 g/mol. The normalized spacial score (nSPS) is 9.92. The van der Waals surface area contributed by atoms with E-state index in [1.54, 1.807) is 42.5 Å². The molecule has 0 aliphatic carbocycles. The monoisotopic (exact) mass is 330 g/mol. The Labute approximate surface area is 139 Å². The highest BCUT2D eigenvalue weighted by Crippen LogP contribution is 2.24. The number of esters is 1. The zero-order valence-corrected chi connectivity index (χ0v) is 13.5. The highest BCUT2D eigenvalue weighted by atomic mass is 16.6. The van der Waals surface area contributed by atoms with Crippen molar-refractivity contribution in [3.8, 4) is 17.2 Å². The molecule has 0 aromatic heterocycles. The second-order valence-corrected chi connectivity index (χ2v) is 4.75. The molecule has 0 heterocycles. The van der Waals surface area contributed by atoms with Gasteiger partial charge in [-0.25, -0.2) is 4.79 Å². The van der Waals surface area contributed by atoms with Gasteiger partial charge >= 0.3 is 5.97 Å². The van der Waals surface area contributed by atoms with Crippen LogP contribution in [0.1, 0.15) is 10.4 Å². The van der Waals surface area contributed by atoms with Gasteiger partial charge in [0.15, 0.2) is 13.2 Å². The first-order valence-corrected chi connectivity index (χ1v) is 7.22. The van der Waals surface area contributed by atoms with Crippen molar-refractivity contribution in [2.45, 2.75) is 0 Å². The summed E-state index contributed by atoms with van der Waals surface area (Å²) in [5.74, 6) is 0.479. The Kier molecular flexibility index (Phi) is 6.19. The maximum absolute atomic E-state index is 12.2. The Morgan fingerprint density at radius 2 is 1.62 bits per heavy atom. The zero-order chi connectivity index (χ0) is 17.4. The van der Waals surface area contributed by atoms with Crippen LogP contribution in [-0.4, -0.2) is 39.2 Å². The summed E-state index contributed by atoms with van der Waals surface area (Å²) in [5, 5.41) is 0. The molecule has 0 amide bonds.